The SMILES string of the molecule is Cc1ccc(S(=O)(=O)N(C)Cc2ccccc2Cl)c(N)c1. The van der Waals surface area contributed by atoms with E-state index < -0.39 is 10.0 Å². The Kier molecular flexibility index (Phi) is 4.56. The summed E-state index contributed by atoms with van der Waals surface area (Å²) in [5, 5.41) is 0.538. The maximum atomic E-state index is 12.6. The normalized spacial score (nSPS) is 11.8. The largest absolute Gasteiger partial charge is 0.398 e. The van der Waals surface area contributed by atoms with Crippen LogP contribution in [0.2, 0.25) is 5.02 Å². The highest BCUT2D eigenvalue weighted by molar-refractivity contribution is 7.89. The van der Waals surface area contributed by atoms with E-state index in [2.05, 4.69) is 0 Å². The van der Waals surface area contributed by atoms with Crippen LogP contribution >= 0.6 is 11.6 Å². The molecule has 4 nitrogen and oxygen atoms in total. The molecule has 0 heterocycles. The summed E-state index contributed by atoms with van der Waals surface area (Å²) < 4.78 is 26.4. The molecular formula is C15H17ClN2O2S. The minimum absolute atomic E-state index is 0.114. The van der Waals surface area contributed by atoms with E-state index in [4.69, 9.17) is 17.3 Å². The van der Waals surface area contributed by atoms with Gasteiger partial charge in [0.1, 0.15) is 4.90 Å². The Morgan fingerprint density at radius 2 is 1.86 bits per heavy atom. The van der Waals surface area contributed by atoms with Crippen molar-refractivity contribution in [2.24, 2.45) is 0 Å². The first kappa shape index (κ1) is 15.8. The second-order valence-electron chi connectivity index (χ2n) is 4.89. The molecule has 112 valence electrons. The maximum absolute atomic E-state index is 12.6. The first-order chi connectivity index (χ1) is 9.82. The van der Waals surface area contributed by atoms with Gasteiger partial charge in [0.05, 0.1) is 5.69 Å². The summed E-state index contributed by atoms with van der Waals surface area (Å²) in [5.41, 5.74) is 7.75. The Labute approximate surface area is 130 Å². The summed E-state index contributed by atoms with van der Waals surface area (Å²) in [5.74, 6) is 0. The minimum Gasteiger partial charge on any atom is -0.398 e. The van der Waals surface area contributed by atoms with Crippen LogP contribution in [0.15, 0.2) is 47.4 Å². The predicted molar refractivity (Wildman–Crippen MR) is 85.7 cm³/mol. The van der Waals surface area contributed by atoms with Gasteiger partial charge in [-0.3, -0.25) is 0 Å². The molecule has 2 rings (SSSR count). The molecule has 2 N–H and O–H groups in total. The van der Waals surface area contributed by atoms with Crippen molar-refractivity contribution in [2.45, 2.75) is 18.4 Å². The molecule has 2 aromatic rings. The van der Waals surface area contributed by atoms with Crippen molar-refractivity contribution >= 4 is 27.3 Å². The van der Waals surface area contributed by atoms with Gasteiger partial charge >= 0.3 is 0 Å². The molecule has 0 spiro atoms. The number of hydrogen-bond donors (Lipinski definition) is 1. The van der Waals surface area contributed by atoms with Gasteiger partial charge in [0.25, 0.3) is 0 Å². The fourth-order valence-corrected chi connectivity index (χ4v) is 3.46. The summed E-state index contributed by atoms with van der Waals surface area (Å²) in [6.07, 6.45) is 0. The number of halogens is 1. The molecular weight excluding hydrogens is 308 g/mol. The Bertz CT molecular complexity index is 760. The molecule has 0 aliphatic carbocycles. The topological polar surface area (TPSA) is 63.4 Å². The molecule has 6 heteroatoms. The van der Waals surface area contributed by atoms with Crippen LogP contribution < -0.4 is 5.73 Å². The Hall–Kier alpha value is -1.56. The van der Waals surface area contributed by atoms with Crippen molar-refractivity contribution in [3.63, 3.8) is 0 Å². The van der Waals surface area contributed by atoms with Crippen LogP contribution in [-0.4, -0.2) is 19.8 Å². The summed E-state index contributed by atoms with van der Waals surface area (Å²) in [6, 6.07) is 12.1. The van der Waals surface area contributed by atoms with Crippen LogP contribution in [-0.2, 0) is 16.6 Å². The molecule has 0 radical (unpaired) electrons. The van der Waals surface area contributed by atoms with Gasteiger partial charge in [-0.15, -0.1) is 0 Å². The number of sulfonamides is 1. The van der Waals surface area contributed by atoms with E-state index in [0.29, 0.717) is 5.02 Å². The van der Waals surface area contributed by atoms with E-state index in [-0.39, 0.29) is 17.1 Å². The van der Waals surface area contributed by atoms with Crippen LogP contribution in [0.3, 0.4) is 0 Å². The van der Waals surface area contributed by atoms with Gasteiger partial charge in [-0.05, 0) is 36.2 Å². The molecule has 21 heavy (non-hydrogen) atoms. The fourth-order valence-electron chi connectivity index (χ4n) is 2.02. The lowest BCUT2D eigenvalue weighted by molar-refractivity contribution is 0.467. The van der Waals surface area contributed by atoms with Gasteiger partial charge < -0.3 is 5.73 Å². The smallest absolute Gasteiger partial charge is 0.245 e. The number of hydrogen-bond acceptors (Lipinski definition) is 3. The summed E-state index contributed by atoms with van der Waals surface area (Å²) in [6.45, 7) is 2.05. The number of nitrogens with zero attached hydrogens (tertiary/aromatic N) is 1. The Morgan fingerprint density at radius 3 is 2.48 bits per heavy atom. The van der Waals surface area contributed by atoms with E-state index in [0.717, 1.165) is 11.1 Å². The van der Waals surface area contributed by atoms with E-state index in [9.17, 15) is 8.42 Å². The van der Waals surface area contributed by atoms with E-state index in [1.807, 2.05) is 13.0 Å². The van der Waals surface area contributed by atoms with Crippen LogP contribution in [0, 0.1) is 6.92 Å². The molecule has 0 fully saturated rings. The zero-order valence-electron chi connectivity index (χ0n) is 11.9. The highest BCUT2D eigenvalue weighted by Crippen LogP contribution is 2.25. The van der Waals surface area contributed by atoms with E-state index >= 15 is 0 Å². The van der Waals surface area contributed by atoms with E-state index in [1.54, 1.807) is 30.3 Å². The van der Waals surface area contributed by atoms with Crippen molar-refractivity contribution in [1.82, 2.24) is 4.31 Å². The zero-order valence-corrected chi connectivity index (χ0v) is 13.4. The van der Waals surface area contributed by atoms with Gasteiger partial charge in [-0.2, -0.15) is 4.31 Å². The Morgan fingerprint density at radius 1 is 1.19 bits per heavy atom. The van der Waals surface area contributed by atoms with Crippen LogP contribution in [0.4, 0.5) is 5.69 Å². The lowest BCUT2D eigenvalue weighted by atomic mass is 10.2. The third-order valence-corrected chi connectivity index (χ3v) is 5.45. The second-order valence-corrected chi connectivity index (χ2v) is 7.31. The van der Waals surface area contributed by atoms with Crippen molar-refractivity contribution in [2.75, 3.05) is 12.8 Å². The number of nitrogens with two attached hydrogens (primary N) is 1. The van der Waals surface area contributed by atoms with Gasteiger partial charge in [0, 0.05) is 18.6 Å². The quantitative estimate of drug-likeness (QED) is 0.879. The summed E-state index contributed by atoms with van der Waals surface area (Å²) in [4.78, 5) is 0.114. The second kappa shape index (κ2) is 6.05. The number of aryl methyl sites for hydroxylation is 1. The van der Waals surface area contributed by atoms with Crippen molar-refractivity contribution < 1.29 is 8.42 Å². The number of nitrogen functional groups attached to an aromatic ring is 1. The summed E-state index contributed by atoms with van der Waals surface area (Å²) >= 11 is 6.07. The lowest BCUT2D eigenvalue weighted by Gasteiger charge is -2.19. The fraction of sp³-hybridized carbons (Fsp3) is 0.200. The number of rotatable bonds is 4. The van der Waals surface area contributed by atoms with Gasteiger partial charge in [0.2, 0.25) is 10.0 Å². The number of anilines is 1. The molecule has 0 amide bonds. The first-order valence-corrected chi connectivity index (χ1v) is 8.20. The molecule has 0 aliphatic heterocycles. The first-order valence-electron chi connectivity index (χ1n) is 6.38. The van der Waals surface area contributed by atoms with Crippen LogP contribution in [0.1, 0.15) is 11.1 Å². The molecule has 2 aromatic carbocycles. The maximum Gasteiger partial charge on any atom is 0.245 e. The average Bonchev–Trinajstić information content (AvgIpc) is 2.40. The van der Waals surface area contributed by atoms with Crippen molar-refractivity contribution in [3.05, 3.63) is 58.6 Å². The number of benzene rings is 2. The molecule has 0 saturated heterocycles. The summed E-state index contributed by atoms with van der Waals surface area (Å²) in [7, 11) is -2.14. The molecule has 0 unspecified atom stereocenters. The Balaban J connectivity index is 2.33. The highest BCUT2D eigenvalue weighted by Gasteiger charge is 2.23. The van der Waals surface area contributed by atoms with Crippen molar-refractivity contribution in [1.29, 1.82) is 0 Å². The molecule has 0 saturated carbocycles. The van der Waals surface area contributed by atoms with E-state index in [1.165, 1.54) is 17.4 Å². The lowest BCUT2D eigenvalue weighted by Crippen LogP contribution is -2.27. The monoisotopic (exact) mass is 324 g/mol. The molecule has 0 aromatic heterocycles. The average molecular weight is 325 g/mol. The zero-order chi connectivity index (χ0) is 15.6. The molecule has 0 bridgehead atoms. The third kappa shape index (κ3) is 3.37. The standard InChI is InChI=1S/C15H17ClN2O2S/c1-11-7-8-15(14(17)9-11)21(19,20)18(2)10-12-5-3-4-6-13(12)16/h3-9H,10,17H2,1-2H3. The van der Waals surface area contributed by atoms with Crippen LogP contribution in [0.25, 0.3) is 0 Å². The van der Waals surface area contributed by atoms with Gasteiger partial charge in [-0.1, -0.05) is 35.9 Å². The van der Waals surface area contributed by atoms with Gasteiger partial charge in [0.15, 0.2) is 0 Å². The van der Waals surface area contributed by atoms with Crippen LogP contribution in [0.5, 0.6) is 0 Å². The van der Waals surface area contributed by atoms with Crippen molar-refractivity contribution in [3.8, 4) is 0 Å². The van der Waals surface area contributed by atoms with Gasteiger partial charge in [-0.25, -0.2) is 8.42 Å². The third-order valence-electron chi connectivity index (χ3n) is 3.20. The minimum atomic E-state index is -3.65. The molecule has 0 atom stereocenters. The predicted octanol–water partition coefficient (Wildman–Crippen LogP) is 3.05. The molecule has 0 aliphatic rings. The highest BCUT2D eigenvalue weighted by atomic mass is 35.5.